The van der Waals surface area contributed by atoms with Crippen LogP contribution in [0.1, 0.15) is 11.4 Å². The lowest BCUT2D eigenvalue weighted by atomic mass is 10.2. The standard InChI is InChI=1S/C20H21N7O2S/c1-14-15(2)27(13-25-14)19-11-18(23-12-24-19)21-9-10-26-30(28,29)17-7-3-5-16-6-4-8-22-20(16)17/h3-8,11-13,26H,9-10H2,1-2H3,(H,21,23,24). The van der Waals surface area contributed by atoms with Gasteiger partial charge < -0.3 is 5.32 Å². The molecule has 0 aliphatic heterocycles. The number of pyridine rings is 1. The Labute approximate surface area is 174 Å². The fraction of sp³-hybridized carbons (Fsp3) is 0.200. The summed E-state index contributed by atoms with van der Waals surface area (Å²) >= 11 is 0. The van der Waals surface area contributed by atoms with Gasteiger partial charge in [-0.05, 0) is 26.0 Å². The third-order valence-electron chi connectivity index (χ3n) is 4.76. The molecule has 0 atom stereocenters. The molecule has 0 spiro atoms. The fourth-order valence-corrected chi connectivity index (χ4v) is 4.26. The van der Waals surface area contributed by atoms with Crippen molar-refractivity contribution in [1.82, 2.24) is 29.2 Å². The van der Waals surface area contributed by atoms with E-state index in [-0.39, 0.29) is 11.4 Å². The van der Waals surface area contributed by atoms with E-state index in [1.807, 2.05) is 30.5 Å². The predicted molar refractivity (Wildman–Crippen MR) is 114 cm³/mol. The number of nitrogens with zero attached hydrogens (tertiary/aromatic N) is 5. The summed E-state index contributed by atoms with van der Waals surface area (Å²) < 4.78 is 29.9. The second kappa shape index (κ2) is 8.17. The molecule has 0 fully saturated rings. The Bertz CT molecular complexity index is 1300. The number of aryl methyl sites for hydroxylation is 1. The summed E-state index contributed by atoms with van der Waals surface area (Å²) in [5.74, 6) is 1.28. The summed E-state index contributed by atoms with van der Waals surface area (Å²) in [5.41, 5.74) is 2.38. The number of imidazole rings is 1. The van der Waals surface area contributed by atoms with Crippen LogP contribution in [0.25, 0.3) is 16.7 Å². The van der Waals surface area contributed by atoms with Crippen LogP contribution < -0.4 is 10.0 Å². The maximum Gasteiger partial charge on any atom is 0.242 e. The third kappa shape index (κ3) is 4.00. The number of rotatable bonds is 7. The van der Waals surface area contributed by atoms with Gasteiger partial charge in [0.25, 0.3) is 0 Å². The maximum absolute atomic E-state index is 12.7. The van der Waals surface area contributed by atoms with Crippen LogP contribution in [0, 0.1) is 13.8 Å². The minimum Gasteiger partial charge on any atom is -0.369 e. The van der Waals surface area contributed by atoms with Crippen LogP contribution in [0.3, 0.4) is 0 Å². The third-order valence-corrected chi connectivity index (χ3v) is 6.25. The molecule has 0 aliphatic rings. The number of anilines is 1. The summed E-state index contributed by atoms with van der Waals surface area (Å²) in [5, 5.41) is 3.89. The number of fused-ring (bicyclic) bond motifs is 1. The maximum atomic E-state index is 12.7. The van der Waals surface area contributed by atoms with Crippen molar-refractivity contribution in [2.75, 3.05) is 18.4 Å². The summed E-state index contributed by atoms with van der Waals surface area (Å²) in [6.45, 7) is 4.45. The van der Waals surface area contributed by atoms with E-state index >= 15 is 0 Å². The Morgan fingerprint density at radius 3 is 2.63 bits per heavy atom. The normalized spacial score (nSPS) is 11.7. The molecule has 0 radical (unpaired) electrons. The first-order valence-electron chi connectivity index (χ1n) is 9.36. The summed E-state index contributed by atoms with van der Waals surface area (Å²) in [7, 11) is -3.69. The smallest absolute Gasteiger partial charge is 0.242 e. The molecule has 4 rings (SSSR count). The minimum atomic E-state index is -3.69. The largest absolute Gasteiger partial charge is 0.369 e. The van der Waals surface area contributed by atoms with Gasteiger partial charge in [0.2, 0.25) is 10.0 Å². The summed E-state index contributed by atoms with van der Waals surface area (Å²) in [6, 6.07) is 10.5. The monoisotopic (exact) mass is 423 g/mol. The van der Waals surface area contributed by atoms with Crippen molar-refractivity contribution in [3.8, 4) is 5.82 Å². The van der Waals surface area contributed by atoms with E-state index < -0.39 is 10.0 Å². The van der Waals surface area contributed by atoms with Gasteiger partial charge in [-0.25, -0.2) is 28.1 Å². The zero-order valence-electron chi connectivity index (χ0n) is 16.6. The van der Waals surface area contributed by atoms with E-state index in [0.29, 0.717) is 23.7 Å². The van der Waals surface area contributed by atoms with Crippen molar-refractivity contribution < 1.29 is 8.42 Å². The van der Waals surface area contributed by atoms with E-state index in [0.717, 1.165) is 16.8 Å². The van der Waals surface area contributed by atoms with Crippen molar-refractivity contribution in [1.29, 1.82) is 0 Å². The molecule has 0 saturated heterocycles. The van der Waals surface area contributed by atoms with E-state index in [1.54, 1.807) is 36.8 Å². The highest BCUT2D eigenvalue weighted by molar-refractivity contribution is 7.89. The molecular formula is C20H21N7O2S. The molecule has 3 aromatic heterocycles. The second-order valence-electron chi connectivity index (χ2n) is 6.70. The van der Waals surface area contributed by atoms with Crippen molar-refractivity contribution in [2.45, 2.75) is 18.7 Å². The molecule has 0 aliphatic carbocycles. The first kappa shape index (κ1) is 19.9. The molecule has 2 N–H and O–H groups in total. The number of hydrogen-bond acceptors (Lipinski definition) is 7. The van der Waals surface area contributed by atoms with Gasteiger partial charge in [0.1, 0.15) is 29.2 Å². The van der Waals surface area contributed by atoms with Crippen LogP contribution in [-0.4, -0.2) is 46.0 Å². The molecule has 0 unspecified atom stereocenters. The first-order valence-corrected chi connectivity index (χ1v) is 10.8. The van der Waals surface area contributed by atoms with Crippen molar-refractivity contribution in [3.05, 3.63) is 66.6 Å². The van der Waals surface area contributed by atoms with Gasteiger partial charge in [-0.1, -0.05) is 18.2 Å². The molecule has 154 valence electrons. The van der Waals surface area contributed by atoms with Crippen molar-refractivity contribution >= 4 is 26.7 Å². The average Bonchev–Trinajstić information content (AvgIpc) is 3.09. The van der Waals surface area contributed by atoms with Crippen LogP contribution >= 0.6 is 0 Å². The molecule has 30 heavy (non-hydrogen) atoms. The van der Waals surface area contributed by atoms with Crippen LogP contribution in [-0.2, 0) is 10.0 Å². The Morgan fingerprint density at radius 2 is 1.83 bits per heavy atom. The van der Waals surface area contributed by atoms with E-state index in [9.17, 15) is 8.42 Å². The number of sulfonamides is 1. The van der Waals surface area contributed by atoms with Crippen LogP contribution in [0.2, 0.25) is 0 Å². The van der Waals surface area contributed by atoms with Gasteiger partial charge in [0.15, 0.2) is 0 Å². The Balaban J connectivity index is 1.41. The first-order chi connectivity index (χ1) is 14.5. The highest BCUT2D eigenvalue weighted by atomic mass is 32.2. The molecule has 0 saturated carbocycles. The topological polar surface area (TPSA) is 115 Å². The van der Waals surface area contributed by atoms with Gasteiger partial charge in [0, 0.05) is 36.4 Å². The zero-order valence-corrected chi connectivity index (χ0v) is 17.4. The van der Waals surface area contributed by atoms with Crippen molar-refractivity contribution in [3.63, 3.8) is 0 Å². The molecule has 9 nitrogen and oxygen atoms in total. The molecule has 4 aromatic rings. The molecule has 3 heterocycles. The van der Waals surface area contributed by atoms with E-state index in [1.165, 1.54) is 6.33 Å². The number of para-hydroxylation sites is 1. The zero-order chi connectivity index (χ0) is 21.1. The number of benzene rings is 1. The minimum absolute atomic E-state index is 0.163. The molecule has 0 amide bonds. The van der Waals surface area contributed by atoms with E-state index in [2.05, 4.69) is 30.0 Å². The molecule has 10 heteroatoms. The predicted octanol–water partition coefficient (Wildman–Crippen LogP) is 2.22. The Hall–Kier alpha value is -3.37. The lowest BCUT2D eigenvalue weighted by molar-refractivity contribution is 0.583. The number of nitrogens with one attached hydrogen (secondary N) is 2. The lowest BCUT2D eigenvalue weighted by Gasteiger charge is -2.11. The summed E-state index contributed by atoms with van der Waals surface area (Å²) in [6.07, 6.45) is 4.75. The van der Waals surface area contributed by atoms with Gasteiger partial charge in [-0.15, -0.1) is 0 Å². The SMILES string of the molecule is Cc1ncn(-c2cc(NCCNS(=O)(=O)c3cccc4cccnc34)ncn2)c1C. The van der Waals surface area contributed by atoms with Crippen LogP contribution in [0.5, 0.6) is 0 Å². The number of hydrogen-bond donors (Lipinski definition) is 2. The van der Waals surface area contributed by atoms with Crippen molar-refractivity contribution in [2.24, 2.45) is 0 Å². The fourth-order valence-electron chi connectivity index (χ4n) is 3.05. The highest BCUT2D eigenvalue weighted by Crippen LogP contribution is 2.20. The quantitative estimate of drug-likeness (QED) is 0.438. The average molecular weight is 424 g/mol. The lowest BCUT2D eigenvalue weighted by Crippen LogP contribution is -2.29. The van der Waals surface area contributed by atoms with Crippen LogP contribution in [0.15, 0.2) is 60.1 Å². The second-order valence-corrected chi connectivity index (χ2v) is 8.44. The van der Waals surface area contributed by atoms with Gasteiger partial charge in [-0.2, -0.15) is 0 Å². The molecule has 0 bridgehead atoms. The van der Waals surface area contributed by atoms with Gasteiger partial charge in [-0.3, -0.25) is 9.55 Å². The van der Waals surface area contributed by atoms with E-state index in [4.69, 9.17) is 0 Å². The van der Waals surface area contributed by atoms with Gasteiger partial charge >= 0.3 is 0 Å². The number of aromatic nitrogens is 5. The van der Waals surface area contributed by atoms with Gasteiger partial charge in [0.05, 0.1) is 11.2 Å². The molecule has 1 aromatic carbocycles. The highest BCUT2D eigenvalue weighted by Gasteiger charge is 2.17. The van der Waals surface area contributed by atoms with Crippen LogP contribution in [0.4, 0.5) is 5.82 Å². The Morgan fingerprint density at radius 1 is 1.00 bits per heavy atom. The molecular weight excluding hydrogens is 402 g/mol. The summed E-state index contributed by atoms with van der Waals surface area (Å²) in [4.78, 5) is 17.1. The Kier molecular flexibility index (Phi) is 5.42.